The van der Waals surface area contributed by atoms with Crippen molar-refractivity contribution in [1.82, 2.24) is 0 Å². The van der Waals surface area contributed by atoms with Gasteiger partial charge in [-0.05, 0) is 43.1 Å². The van der Waals surface area contributed by atoms with Crippen molar-refractivity contribution in [3.8, 4) is 0 Å². The maximum atomic E-state index is 5.83. The van der Waals surface area contributed by atoms with Crippen molar-refractivity contribution in [2.75, 3.05) is 6.54 Å². The van der Waals surface area contributed by atoms with Crippen molar-refractivity contribution in [1.29, 1.82) is 0 Å². The number of nitrogens with two attached hydrogens (primary N) is 1. The molecule has 0 atom stereocenters. The summed E-state index contributed by atoms with van der Waals surface area (Å²) in [6.07, 6.45) is 5.08. The molecule has 0 aliphatic carbocycles. The first-order chi connectivity index (χ1) is 6.24. The summed E-state index contributed by atoms with van der Waals surface area (Å²) in [5.74, 6) is 0. The molecule has 0 aliphatic heterocycles. The van der Waals surface area contributed by atoms with Crippen LogP contribution in [-0.2, 0) is 0 Å². The molecule has 0 fully saturated rings. The highest BCUT2D eigenvalue weighted by Gasteiger charge is 1.93. The van der Waals surface area contributed by atoms with Crippen LogP contribution in [-0.4, -0.2) is 6.54 Å². The van der Waals surface area contributed by atoms with Crippen LogP contribution in [0.3, 0.4) is 0 Å². The SMILES string of the molecule is Cc1cc(Cl)ccc1C=CCCN. The molecule has 0 aromatic heterocycles. The summed E-state index contributed by atoms with van der Waals surface area (Å²) >= 11 is 5.83. The van der Waals surface area contributed by atoms with Gasteiger partial charge in [-0.25, -0.2) is 0 Å². The zero-order valence-corrected chi connectivity index (χ0v) is 8.51. The molecule has 0 saturated carbocycles. The largest absolute Gasteiger partial charge is 0.330 e. The molecule has 0 heterocycles. The maximum absolute atomic E-state index is 5.83. The van der Waals surface area contributed by atoms with Crippen molar-refractivity contribution in [2.45, 2.75) is 13.3 Å². The zero-order valence-electron chi connectivity index (χ0n) is 7.76. The molecule has 0 unspecified atom stereocenters. The molecular weight excluding hydrogens is 182 g/mol. The molecule has 0 radical (unpaired) electrons. The Morgan fingerprint density at radius 3 is 2.85 bits per heavy atom. The Labute approximate surface area is 84.2 Å². The van der Waals surface area contributed by atoms with Crippen LogP contribution >= 0.6 is 11.6 Å². The minimum Gasteiger partial charge on any atom is -0.330 e. The fourth-order valence-corrected chi connectivity index (χ4v) is 1.36. The van der Waals surface area contributed by atoms with E-state index < -0.39 is 0 Å². The number of aryl methyl sites for hydroxylation is 1. The predicted molar refractivity (Wildman–Crippen MR) is 58.9 cm³/mol. The quantitative estimate of drug-likeness (QED) is 0.789. The molecule has 70 valence electrons. The Bertz CT molecular complexity index is 305. The molecule has 1 nitrogen and oxygen atoms in total. The van der Waals surface area contributed by atoms with Crippen LogP contribution in [0.25, 0.3) is 6.08 Å². The normalized spacial score (nSPS) is 11.0. The van der Waals surface area contributed by atoms with Crippen molar-refractivity contribution < 1.29 is 0 Å². The predicted octanol–water partition coefficient (Wildman–Crippen LogP) is 3.01. The highest BCUT2D eigenvalue weighted by atomic mass is 35.5. The Morgan fingerprint density at radius 1 is 1.46 bits per heavy atom. The van der Waals surface area contributed by atoms with Gasteiger partial charge in [0.15, 0.2) is 0 Å². The van der Waals surface area contributed by atoms with Crippen LogP contribution in [0, 0.1) is 6.92 Å². The van der Waals surface area contributed by atoms with Crippen molar-refractivity contribution >= 4 is 17.7 Å². The minimum atomic E-state index is 0.698. The lowest BCUT2D eigenvalue weighted by Gasteiger charge is -1.99. The molecule has 2 heteroatoms. The van der Waals surface area contributed by atoms with Gasteiger partial charge in [-0.3, -0.25) is 0 Å². The van der Waals surface area contributed by atoms with Crippen LogP contribution in [0.15, 0.2) is 24.3 Å². The minimum absolute atomic E-state index is 0.698. The standard InChI is InChI=1S/C11H14ClN/c1-9-8-11(12)6-5-10(9)4-2-3-7-13/h2,4-6,8H,3,7,13H2,1H3. The number of hydrogen-bond acceptors (Lipinski definition) is 1. The molecule has 13 heavy (non-hydrogen) atoms. The fraction of sp³-hybridized carbons (Fsp3) is 0.273. The Hall–Kier alpha value is -0.790. The van der Waals surface area contributed by atoms with Crippen molar-refractivity contribution in [2.24, 2.45) is 5.73 Å². The molecule has 1 rings (SSSR count). The van der Waals surface area contributed by atoms with E-state index >= 15 is 0 Å². The van der Waals surface area contributed by atoms with E-state index in [4.69, 9.17) is 17.3 Å². The highest BCUT2D eigenvalue weighted by molar-refractivity contribution is 6.30. The monoisotopic (exact) mass is 195 g/mol. The third-order valence-corrected chi connectivity index (χ3v) is 2.10. The lowest BCUT2D eigenvalue weighted by Crippen LogP contribution is -1.95. The molecule has 1 aromatic rings. The van der Waals surface area contributed by atoms with Gasteiger partial charge in [0.1, 0.15) is 0 Å². The summed E-state index contributed by atoms with van der Waals surface area (Å²) in [4.78, 5) is 0. The topological polar surface area (TPSA) is 26.0 Å². The van der Waals surface area contributed by atoms with E-state index in [1.807, 2.05) is 25.1 Å². The zero-order chi connectivity index (χ0) is 9.68. The molecule has 0 spiro atoms. The summed E-state index contributed by atoms with van der Waals surface area (Å²) in [6, 6.07) is 5.88. The van der Waals surface area contributed by atoms with Crippen molar-refractivity contribution in [3.63, 3.8) is 0 Å². The maximum Gasteiger partial charge on any atom is 0.0409 e. The summed E-state index contributed by atoms with van der Waals surface area (Å²) < 4.78 is 0. The first kappa shape index (κ1) is 10.3. The van der Waals surface area contributed by atoms with E-state index in [1.54, 1.807) is 0 Å². The van der Waals surface area contributed by atoms with Gasteiger partial charge in [-0.2, -0.15) is 0 Å². The average Bonchev–Trinajstić information content (AvgIpc) is 2.09. The van der Waals surface area contributed by atoms with Gasteiger partial charge in [-0.15, -0.1) is 0 Å². The molecule has 0 bridgehead atoms. The van der Waals surface area contributed by atoms with Gasteiger partial charge < -0.3 is 5.73 Å². The second-order valence-electron chi connectivity index (χ2n) is 2.98. The summed E-state index contributed by atoms with van der Waals surface area (Å²) in [6.45, 7) is 2.75. The first-order valence-electron chi connectivity index (χ1n) is 4.37. The van der Waals surface area contributed by atoms with E-state index in [0.29, 0.717) is 6.54 Å². The van der Waals surface area contributed by atoms with Crippen LogP contribution in [0.2, 0.25) is 5.02 Å². The molecule has 0 saturated heterocycles. The van der Waals surface area contributed by atoms with Crippen LogP contribution < -0.4 is 5.73 Å². The molecule has 0 amide bonds. The lowest BCUT2D eigenvalue weighted by molar-refractivity contribution is 1.01. The lowest BCUT2D eigenvalue weighted by atomic mass is 10.1. The Balaban J connectivity index is 2.77. The van der Waals surface area contributed by atoms with Gasteiger partial charge >= 0.3 is 0 Å². The first-order valence-corrected chi connectivity index (χ1v) is 4.74. The summed E-state index contributed by atoms with van der Waals surface area (Å²) in [5.41, 5.74) is 7.78. The second kappa shape index (κ2) is 5.05. The van der Waals surface area contributed by atoms with Gasteiger partial charge in [0, 0.05) is 5.02 Å². The number of hydrogen-bond donors (Lipinski definition) is 1. The second-order valence-corrected chi connectivity index (χ2v) is 3.42. The molecule has 1 aromatic carbocycles. The van der Waals surface area contributed by atoms with E-state index in [0.717, 1.165) is 11.4 Å². The average molecular weight is 196 g/mol. The van der Waals surface area contributed by atoms with Gasteiger partial charge in [0.05, 0.1) is 0 Å². The Kier molecular flexibility index (Phi) is 4.00. The van der Waals surface area contributed by atoms with E-state index in [2.05, 4.69) is 12.2 Å². The molecule has 2 N–H and O–H groups in total. The third kappa shape index (κ3) is 3.21. The van der Waals surface area contributed by atoms with Crippen LogP contribution in [0.4, 0.5) is 0 Å². The van der Waals surface area contributed by atoms with Crippen molar-refractivity contribution in [3.05, 3.63) is 40.4 Å². The molecular formula is C11H14ClN. The molecule has 0 aliphatic rings. The van der Waals surface area contributed by atoms with Gasteiger partial charge in [0.25, 0.3) is 0 Å². The van der Waals surface area contributed by atoms with Crippen LogP contribution in [0.5, 0.6) is 0 Å². The van der Waals surface area contributed by atoms with Gasteiger partial charge in [0.2, 0.25) is 0 Å². The van der Waals surface area contributed by atoms with Gasteiger partial charge in [-0.1, -0.05) is 29.8 Å². The smallest absolute Gasteiger partial charge is 0.0409 e. The highest BCUT2D eigenvalue weighted by Crippen LogP contribution is 2.16. The number of rotatable bonds is 3. The summed E-state index contributed by atoms with van der Waals surface area (Å²) in [5, 5.41) is 0.786. The number of halogens is 1. The van der Waals surface area contributed by atoms with Crippen LogP contribution in [0.1, 0.15) is 17.5 Å². The van der Waals surface area contributed by atoms with E-state index in [1.165, 1.54) is 11.1 Å². The van der Waals surface area contributed by atoms with E-state index in [9.17, 15) is 0 Å². The third-order valence-electron chi connectivity index (χ3n) is 1.86. The summed E-state index contributed by atoms with van der Waals surface area (Å²) in [7, 11) is 0. The Morgan fingerprint density at radius 2 is 2.23 bits per heavy atom. The fourth-order valence-electron chi connectivity index (χ4n) is 1.13. The van der Waals surface area contributed by atoms with E-state index in [-0.39, 0.29) is 0 Å². The number of benzene rings is 1.